The molecular formula is C13H10BrF5NO4PS2. The van der Waals surface area contributed by atoms with Crippen molar-refractivity contribution in [3.05, 3.63) is 33.1 Å². The van der Waals surface area contributed by atoms with Gasteiger partial charge in [0.05, 0.1) is 0 Å². The van der Waals surface area contributed by atoms with Crippen LogP contribution in [0, 0.1) is 0 Å². The van der Waals surface area contributed by atoms with E-state index in [0.29, 0.717) is 11.3 Å². The number of halogens is 6. The maximum absolute atomic E-state index is 14.0. The summed E-state index contributed by atoms with van der Waals surface area (Å²) >= 11 is 3.04. The minimum atomic E-state index is -5.76. The van der Waals surface area contributed by atoms with Crippen LogP contribution < -0.4 is 5.32 Å². The molecule has 5 nitrogen and oxygen atoms in total. The lowest BCUT2D eigenvalue weighted by Crippen LogP contribution is -2.26. The van der Waals surface area contributed by atoms with Crippen LogP contribution in [0.15, 0.2) is 22.7 Å². The van der Waals surface area contributed by atoms with E-state index in [1.54, 1.807) is 0 Å². The van der Waals surface area contributed by atoms with E-state index in [1.807, 2.05) is 0 Å². The molecule has 1 amide bonds. The van der Waals surface area contributed by atoms with Gasteiger partial charge in [0.2, 0.25) is 0 Å². The molecule has 2 rings (SSSR count). The molecule has 0 spiro atoms. The fourth-order valence-electron chi connectivity index (χ4n) is 1.97. The zero-order valence-corrected chi connectivity index (χ0v) is 17.0. The molecule has 1 aromatic carbocycles. The molecule has 1 aromatic heterocycles. The Kier molecular flexibility index (Phi) is 6.65. The van der Waals surface area contributed by atoms with E-state index in [-0.39, 0.29) is 38.4 Å². The Bertz CT molecular complexity index is 914. The number of alkyl halides is 5. The van der Waals surface area contributed by atoms with Crippen molar-refractivity contribution >= 4 is 62.6 Å². The molecular weight excluding hydrogens is 504 g/mol. The molecule has 0 radical (unpaired) electrons. The van der Waals surface area contributed by atoms with Crippen molar-refractivity contribution in [1.29, 1.82) is 0 Å². The van der Waals surface area contributed by atoms with Gasteiger partial charge in [-0.1, -0.05) is 0 Å². The number of fused-ring (bicyclic) bond motifs is 1. The molecule has 150 valence electrons. The summed E-state index contributed by atoms with van der Waals surface area (Å²) in [5.74, 6) is -1.10. The molecule has 2 aromatic rings. The smallest absolute Gasteiger partial charge is 0.351 e. The van der Waals surface area contributed by atoms with E-state index >= 15 is 0 Å². The Balaban J connectivity index is 2.24. The van der Waals surface area contributed by atoms with Gasteiger partial charge >= 0.3 is 18.8 Å². The van der Waals surface area contributed by atoms with Crippen LogP contribution in [0.1, 0.15) is 15.2 Å². The quantitative estimate of drug-likeness (QED) is 0.291. The van der Waals surface area contributed by atoms with Crippen LogP contribution in [0.2, 0.25) is 0 Å². The highest BCUT2D eigenvalue weighted by atomic mass is 79.9. The first kappa shape index (κ1) is 22.6. The Morgan fingerprint density at radius 1 is 1.26 bits per heavy atom. The molecule has 0 aliphatic rings. The third kappa shape index (κ3) is 5.21. The molecule has 0 unspecified atom stereocenters. The number of carbonyl (C=O) groups is 1. The van der Waals surface area contributed by atoms with Gasteiger partial charge in [0.25, 0.3) is 5.91 Å². The second kappa shape index (κ2) is 7.96. The maximum atomic E-state index is 14.0. The number of thioether (sulfide) groups is 1. The SMILES string of the molecule is O=C(NCCSC(F)(F)F)c1ccc2sc(C(F)(F)P(=O)(O)O)c(Br)c2c1. The van der Waals surface area contributed by atoms with Gasteiger partial charge in [-0.3, -0.25) is 9.36 Å². The molecule has 1 heterocycles. The lowest BCUT2D eigenvalue weighted by Gasteiger charge is -2.16. The molecule has 27 heavy (non-hydrogen) atoms. The highest BCUT2D eigenvalue weighted by Crippen LogP contribution is 2.62. The van der Waals surface area contributed by atoms with Gasteiger partial charge in [-0.25, -0.2) is 0 Å². The zero-order valence-electron chi connectivity index (χ0n) is 12.9. The molecule has 0 aliphatic heterocycles. The van der Waals surface area contributed by atoms with Gasteiger partial charge < -0.3 is 15.1 Å². The minimum Gasteiger partial charge on any atom is -0.351 e. The average molecular weight is 514 g/mol. The van der Waals surface area contributed by atoms with E-state index in [4.69, 9.17) is 9.79 Å². The standard InChI is InChI=1S/C13H10BrF5NO4PS2/c14-9-7-5-6(11(21)20-3-4-26-13(17,18)19)1-2-8(7)27-10(9)12(15,16)25(22,23)24/h1-2,5H,3-4H2,(H,20,21)(H2,22,23,24). The number of benzene rings is 1. The number of thiophene rings is 1. The second-order valence-corrected chi connectivity index (χ2v) is 9.75. The summed E-state index contributed by atoms with van der Waals surface area (Å²) in [7, 11) is -5.76. The summed E-state index contributed by atoms with van der Waals surface area (Å²) in [6.45, 7) is -0.257. The molecule has 0 saturated carbocycles. The second-order valence-electron chi connectivity index (χ2n) is 5.09. The van der Waals surface area contributed by atoms with Crippen LogP contribution in [-0.4, -0.2) is 33.5 Å². The molecule has 14 heteroatoms. The third-order valence-electron chi connectivity index (χ3n) is 3.18. The number of amides is 1. The first-order valence-electron chi connectivity index (χ1n) is 6.89. The summed E-state index contributed by atoms with van der Waals surface area (Å²) in [4.78, 5) is 28.9. The van der Waals surface area contributed by atoms with Gasteiger partial charge in [0.15, 0.2) is 0 Å². The summed E-state index contributed by atoms with van der Waals surface area (Å²) in [5.41, 5.74) is -8.82. The van der Waals surface area contributed by atoms with Gasteiger partial charge in [0.1, 0.15) is 4.88 Å². The van der Waals surface area contributed by atoms with Gasteiger partial charge in [-0.15, -0.1) is 11.3 Å². The zero-order chi connectivity index (χ0) is 20.6. The van der Waals surface area contributed by atoms with Gasteiger partial charge in [-0.05, 0) is 45.9 Å². The minimum absolute atomic E-state index is 0.00375. The van der Waals surface area contributed by atoms with Crippen LogP contribution in [0.5, 0.6) is 0 Å². The first-order chi connectivity index (χ1) is 12.2. The Labute approximate surface area is 165 Å². The topological polar surface area (TPSA) is 86.6 Å². The Morgan fingerprint density at radius 3 is 2.44 bits per heavy atom. The van der Waals surface area contributed by atoms with E-state index in [9.17, 15) is 31.3 Å². The highest BCUT2D eigenvalue weighted by molar-refractivity contribution is 9.10. The molecule has 0 fully saturated rings. The number of hydrogen-bond acceptors (Lipinski definition) is 4. The normalized spacial score (nSPS) is 13.2. The maximum Gasteiger partial charge on any atom is 0.441 e. The van der Waals surface area contributed by atoms with Crippen molar-refractivity contribution in [2.75, 3.05) is 12.3 Å². The third-order valence-corrected chi connectivity index (χ3v) is 7.35. The number of rotatable bonds is 6. The molecule has 0 saturated heterocycles. The van der Waals surface area contributed by atoms with Crippen LogP contribution in [0.4, 0.5) is 22.0 Å². The number of hydrogen-bond donors (Lipinski definition) is 3. The summed E-state index contributed by atoms with van der Waals surface area (Å²) in [6.07, 6.45) is 0. The predicted octanol–water partition coefficient (Wildman–Crippen LogP) is 4.87. The van der Waals surface area contributed by atoms with Gasteiger partial charge in [-0.2, -0.15) is 22.0 Å². The fraction of sp³-hybridized carbons (Fsp3) is 0.308. The lowest BCUT2D eigenvalue weighted by molar-refractivity contribution is -0.0327. The van der Waals surface area contributed by atoms with Crippen molar-refractivity contribution in [2.24, 2.45) is 0 Å². The summed E-state index contributed by atoms with van der Waals surface area (Å²) in [6, 6.07) is 3.79. The van der Waals surface area contributed by atoms with Crippen LogP contribution in [-0.2, 0) is 10.2 Å². The Morgan fingerprint density at radius 2 is 1.89 bits per heavy atom. The van der Waals surface area contributed by atoms with Crippen molar-refractivity contribution in [1.82, 2.24) is 5.32 Å². The van der Waals surface area contributed by atoms with E-state index in [2.05, 4.69) is 21.2 Å². The van der Waals surface area contributed by atoms with Crippen molar-refractivity contribution in [3.63, 3.8) is 0 Å². The highest BCUT2D eigenvalue weighted by Gasteiger charge is 2.53. The predicted molar refractivity (Wildman–Crippen MR) is 96.3 cm³/mol. The average Bonchev–Trinajstić information content (AvgIpc) is 2.86. The van der Waals surface area contributed by atoms with Crippen LogP contribution >= 0.6 is 46.6 Å². The fourth-order valence-corrected chi connectivity index (χ4v) is 5.33. The molecule has 0 aliphatic carbocycles. The molecule has 3 N–H and O–H groups in total. The van der Waals surface area contributed by atoms with Crippen molar-refractivity contribution < 1.29 is 41.1 Å². The Hall–Kier alpha value is -0.720. The largest absolute Gasteiger partial charge is 0.441 e. The van der Waals surface area contributed by atoms with E-state index in [1.165, 1.54) is 18.2 Å². The number of carbonyl (C=O) groups excluding carboxylic acids is 1. The van der Waals surface area contributed by atoms with E-state index < -0.39 is 35.3 Å². The van der Waals surface area contributed by atoms with Crippen LogP contribution in [0.25, 0.3) is 10.1 Å². The van der Waals surface area contributed by atoms with Crippen molar-refractivity contribution in [3.8, 4) is 0 Å². The lowest BCUT2D eigenvalue weighted by atomic mass is 10.1. The number of nitrogens with one attached hydrogen (secondary N) is 1. The molecule has 0 bridgehead atoms. The van der Waals surface area contributed by atoms with Crippen molar-refractivity contribution in [2.45, 2.75) is 11.2 Å². The van der Waals surface area contributed by atoms with E-state index in [0.717, 1.165) is 0 Å². The monoisotopic (exact) mass is 513 g/mol. The van der Waals surface area contributed by atoms with Gasteiger partial charge in [0, 0.05) is 32.4 Å². The first-order valence-corrected chi connectivity index (χ1v) is 11.1. The molecule has 0 atom stereocenters. The summed E-state index contributed by atoms with van der Waals surface area (Å²) < 4.78 is 75.1. The summed E-state index contributed by atoms with van der Waals surface area (Å²) in [5, 5.41) is 2.40. The van der Waals surface area contributed by atoms with Crippen LogP contribution in [0.3, 0.4) is 0 Å².